The van der Waals surface area contributed by atoms with Gasteiger partial charge < -0.3 is 19.0 Å². The second-order valence-electron chi connectivity index (χ2n) is 12.2. The Hall–Kier alpha value is -1.60. The molecule has 7 heteroatoms. The summed E-state index contributed by atoms with van der Waals surface area (Å²) >= 11 is 0. The number of fused-ring (bicyclic) bond motifs is 3. The van der Waals surface area contributed by atoms with Crippen LogP contribution in [0.2, 0.25) is 5.04 Å². The van der Waals surface area contributed by atoms with Crippen LogP contribution in [0.15, 0.2) is 6.07 Å². The zero-order valence-electron chi connectivity index (χ0n) is 22.5. The van der Waals surface area contributed by atoms with Gasteiger partial charge in [-0.2, -0.15) is 0 Å². The van der Waals surface area contributed by atoms with Crippen molar-refractivity contribution in [1.82, 2.24) is 9.88 Å². The zero-order valence-corrected chi connectivity index (χ0v) is 23.5. The molecule has 1 saturated heterocycles. The maximum atomic E-state index is 12.7. The van der Waals surface area contributed by atoms with Crippen molar-refractivity contribution in [2.24, 2.45) is 5.92 Å². The molecule has 2 aliphatic rings. The van der Waals surface area contributed by atoms with Crippen LogP contribution in [0.5, 0.6) is 0 Å². The molecular weight excluding hydrogens is 430 g/mol. The van der Waals surface area contributed by atoms with E-state index in [9.17, 15) is 4.79 Å². The first-order valence-corrected chi connectivity index (χ1v) is 13.1. The van der Waals surface area contributed by atoms with Crippen molar-refractivity contribution in [3.8, 4) is 0 Å². The Labute approximate surface area is 203 Å². The number of aromatic nitrogens is 1. The number of piperazine rings is 1. The molecular formula is C26H43N3O3Si. The molecule has 0 bridgehead atoms. The standard InChI is InChI=1S/C26H43N3O3Si/c1-16(2)26(10,11)33-32-25(8,9)21-12-17(3)20-13-19-15-28(23(30)31-24(5,6)7)14-18(4)29(19)22(20)27-21/h12,16,18-19H,13-15H2,1-11H3/t18-,19-/m1/s1. The highest BCUT2D eigenvalue weighted by Crippen LogP contribution is 2.40. The maximum absolute atomic E-state index is 12.7. The predicted molar refractivity (Wildman–Crippen MR) is 135 cm³/mol. The Bertz CT molecular complexity index is 892. The van der Waals surface area contributed by atoms with Crippen molar-refractivity contribution >= 4 is 21.7 Å². The number of hydrogen-bond donors (Lipinski definition) is 0. The van der Waals surface area contributed by atoms with E-state index in [1.54, 1.807) is 0 Å². The van der Waals surface area contributed by atoms with E-state index in [4.69, 9.17) is 14.1 Å². The molecule has 2 radical (unpaired) electrons. The lowest BCUT2D eigenvalue weighted by atomic mass is 9.99. The molecule has 184 valence electrons. The van der Waals surface area contributed by atoms with Gasteiger partial charge in [0.2, 0.25) is 9.76 Å². The topological polar surface area (TPSA) is 54.9 Å². The second-order valence-corrected chi connectivity index (χ2v) is 13.9. The molecule has 0 unspecified atom stereocenters. The first kappa shape index (κ1) is 26.0. The summed E-state index contributed by atoms with van der Waals surface area (Å²) in [7, 11) is 0.396. The summed E-state index contributed by atoms with van der Waals surface area (Å²) in [6.45, 7) is 24.7. The Kier molecular flexibility index (Phi) is 7.00. The Morgan fingerprint density at radius 1 is 1.15 bits per heavy atom. The molecule has 6 nitrogen and oxygen atoms in total. The Morgan fingerprint density at radius 2 is 1.79 bits per heavy atom. The number of rotatable bonds is 5. The molecule has 33 heavy (non-hydrogen) atoms. The van der Waals surface area contributed by atoms with Gasteiger partial charge in [0.05, 0.1) is 17.3 Å². The SMILES string of the molecule is Cc1cc(C(C)(C)O[Si]C(C)(C)C(C)C)nc2c1C[C@@H]1CN(C(=O)OC(C)(C)C)C[C@@H](C)N21. The number of pyridine rings is 1. The van der Waals surface area contributed by atoms with Crippen molar-refractivity contribution < 1.29 is 14.0 Å². The number of ether oxygens (including phenoxy) is 1. The molecule has 3 rings (SSSR count). The summed E-state index contributed by atoms with van der Waals surface area (Å²) in [6, 6.07) is 2.59. The highest BCUT2D eigenvalue weighted by atomic mass is 28.2. The maximum Gasteiger partial charge on any atom is 0.410 e. The minimum atomic E-state index is -0.487. The minimum Gasteiger partial charge on any atom is -0.444 e. The van der Waals surface area contributed by atoms with E-state index >= 15 is 0 Å². The van der Waals surface area contributed by atoms with Crippen LogP contribution in [-0.4, -0.2) is 56.5 Å². The van der Waals surface area contributed by atoms with Crippen LogP contribution < -0.4 is 4.90 Å². The molecule has 1 aromatic rings. The van der Waals surface area contributed by atoms with E-state index in [2.05, 4.69) is 66.4 Å². The van der Waals surface area contributed by atoms with E-state index < -0.39 is 11.2 Å². The molecule has 1 amide bonds. The third-order valence-corrected chi connectivity index (χ3v) is 8.79. The normalized spacial score (nSPS) is 21.3. The first-order valence-electron chi connectivity index (χ1n) is 12.2. The fraction of sp³-hybridized carbons (Fsp3) is 0.769. The number of anilines is 1. The van der Waals surface area contributed by atoms with Gasteiger partial charge >= 0.3 is 6.09 Å². The smallest absolute Gasteiger partial charge is 0.410 e. The highest BCUT2D eigenvalue weighted by molar-refractivity contribution is 6.32. The summed E-state index contributed by atoms with van der Waals surface area (Å²) < 4.78 is 12.1. The van der Waals surface area contributed by atoms with Gasteiger partial charge in [-0.3, -0.25) is 0 Å². The van der Waals surface area contributed by atoms with Crippen LogP contribution in [0, 0.1) is 12.8 Å². The summed E-state index contributed by atoms with van der Waals surface area (Å²) in [5.74, 6) is 1.61. The van der Waals surface area contributed by atoms with Gasteiger partial charge in [-0.05, 0) is 83.0 Å². The van der Waals surface area contributed by atoms with Crippen molar-refractivity contribution in [3.05, 3.63) is 22.9 Å². The molecule has 2 atom stereocenters. The van der Waals surface area contributed by atoms with E-state index in [0.29, 0.717) is 28.8 Å². The largest absolute Gasteiger partial charge is 0.444 e. The quantitative estimate of drug-likeness (QED) is 0.530. The Morgan fingerprint density at radius 3 is 2.36 bits per heavy atom. The monoisotopic (exact) mass is 473 g/mol. The molecule has 0 aromatic carbocycles. The zero-order chi connectivity index (χ0) is 24.9. The van der Waals surface area contributed by atoms with Crippen LogP contribution in [0.4, 0.5) is 10.6 Å². The van der Waals surface area contributed by atoms with Crippen LogP contribution >= 0.6 is 0 Å². The number of aryl methyl sites for hydroxylation is 1. The number of carbonyl (C=O) groups is 1. The highest BCUT2D eigenvalue weighted by Gasteiger charge is 2.43. The van der Waals surface area contributed by atoms with Crippen molar-refractivity contribution in [2.45, 2.75) is 111 Å². The predicted octanol–water partition coefficient (Wildman–Crippen LogP) is 5.49. The second kappa shape index (κ2) is 8.88. The lowest BCUT2D eigenvalue weighted by Crippen LogP contribution is -2.58. The molecule has 3 heterocycles. The van der Waals surface area contributed by atoms with Crippen LogP contribution in [0.1, 0.15) is 86.1 Å². The van der Waals surface area contributed by atoms with Gasteiger partial charge in [0, 0.05) is 19.1 Å². The first-order chi connectivity index (χ1) is 15.0. The molecule has 0 N–H and O–H groups in total. The fourth-order valence-electron chi connectivity index (χ4n) is 4.33. The number of hydrogen-bond acceptors (Lipinski definition) is 5. The van der Waals surface area contributed by atoms with Crippen LogP contribution in [0.25, 0.3) is 0 Å². The van der Waals surface area contributed by atoms with Crippen LogP contribution in [-0.2, 0) is 21.2 Å². The fourth-order valence-corrected chi connectivity index (χ4v) is 5.18. The molecule has 0 aliphatic carbocycles. The third-order valence-electron chi connectivity index (χ3n) is 7.07. The molecule has 2 aliphatic heterocycles. The lowest BCUT2D eigenvalue weighted by molar-refractivity contribution is 0.0191. The van der Waals surface area contributed by atoms with Crippen molar-refractivity contribution in [3.63, 3.8) is 0 Å². The number of nitrogens with zero attached hydrogens (tertiary/aromatic N) is 3. The Balaban J connectivity index is 1.82. The van der Waals surface area contributed by atoms with E-state index in [1.807, 2.05) is 25.7 Å². The van der Waals surface area contributed by atoms with Crippen LogP contribution in [0.3, 0.4) is 0 Å². The minimum absolute atomic E-state index is 0.126. The van der Waals surface area contributed by atoms with E-state index in [-0.39, 0.29) is 23.2 Å². The molecule has 1 fully saturated rings. The van der Waals surface area contributed by atoms with Gasteiger partial charge in [-0.15, -0.1) is 0 Å². The van der Waals surface area contributed by atoms with Crippen molar-refractivity contribution in [2.75, 3.05) is 18.0 Å². The van der Waals surface area contributed by atoms with Crippen molar-refractivity contribution in [1.29, 1.82) is 0 Å². The average molecular weight is 474 g/mol. The van der Waals surface area contributed by atoms with Gasteiger partial charge in [0.25, 0.3) is 0 Å². The lowest BCUT2D eigenvalue weighted by Gasteiger charge is -2.43. The molecule has 1 aromatic heterocycles. The number of amides is 1. The number of carbonyl (C=O) groups excluding carboxylic acids is 1. The summed E-state index contributed by atoms with van der Waals surface area (Å²) in [5.41, 5.74) is 2.57. The average Bonchev–Trinajstić information content (AvgIpc) is 3.05. The third kappa shape index (κ3) is 5.56. The molecule has 0 saturated carbocycles. The van der Waals surface area contributed by atoms with E-state index in [0.717, 1.165) is 17.9 Å². The van der Waals surface area contributed by atoms with Gasteiger partial charge in [-0.1, -0.05) is 27.7 Å². The van der Waals surface area contributed by atoms with Gasteiger partial charge in [0.15, 0.2) is 0 Å². The van der Waals surface area contributed by atoms with E-state index in [1.165, 1.54) is 11.1 Å². The molecule has 0 spiro atoms. The van der Waals surface area contributed by atoms with Gasteiger partial charge in [-0.25, -0.2) is 9.78 Å². The summed E-state index contributed by atoms with van der Waals surface area (Å²) in [4.78, 5) is 22.2. The van der Waals surface area contributed by atoms with Gasteiger partial charge in [0.1, 0.15) is 11.4 Å². The summed E-state index contributed by atoms with van der Waals surface area (Å²) in [6.07, 6.45) is 0.681. The summed E-state index contributed by atoms with van der Waals surface area (Å²) in [5, 5.41) is 0.126.